The molecule has 32 heavy (non-hydrogen) atoms. The number of rotatable bonds is 2. The van der Waals surface area contributed by atoms with Crippen LogP contribution in [0.5, 0.6) is 0 Å². The van der Waals surface area contributed by atoms with E-state index >= 15 is 0 Å². The molecule has 170 valence electrons. The van der Waals surface area contributed by atoms with Crippen LogP contribution in [0.4, 0.5) is 26.4 Å². The topological polar surface area (TPSA) is 69.0 Å². The fourth-order valence-corrected chi connectivity index (χ4v) is 4.23. The SMILES string of the molecule is CC.Cc1cn2cc(NC(=O)N3CCc4c(N5CCN(C)CC5)ccnc43)c(F)cc2n1. The molecule has 3 aromatic rings. The van der Waals surface area contributed by atoms with Crippen LogP contribution in [0.1, 0.15) is 25.1 Å². The lowest BCUT2D eigenvalue weighted by Crippen LogP contribution is -2.44. The van der Waals surface area contributed by atoms with Gasteiger partial charge in [0.25, 0.3) is 0 Å². The highest BCUT2D eigenvalue weighted by Crippen LogP contribution is 2.34. The zero-order valence-corrected chi connectivity index (χ0v) is 19.1. The maximum Gasteiger partial charge on any atom is 0.327 e. The summed E-state index contributed by atoms with van der Waals surface area (Å²) < 4.78 is 16.2. The molecule has 1 fully saturated rings. The molecule has 2 aliphatic rings. The molecule has 2 amide bonds. The molecule has 0 spiro atoms. The van der Waals surface area contributed by atoms with Crippen LogP contribution in [0, 0.1) is 12.7 Å². The van der Waals surface area contributed by atoms with Gasteiger partial charge in [0.05, 0.1) is 11.4 Å². The molecule has 5 heterocycles. The third-order valence-electron chi connectivity index (χ3n) is 5.84. The maximum absolute atomic E-state index is 14.5. The summed E-state index contributed by atoms with van der Waals surface area (Å²) in [7, 11) is 2.13. The van der Waals surface area contributed by atoms with E-state index in [1.807, 2.05) is 26.8 Å². The number of fused-ring (bicyclic) bond motifs is 2. The number of aromatic nitrogens is 3. The first-order chi connectivity index (χ1) is 15.5. The van der Waals surface area contributed by atoms with Crippen molar-refractivity contribution in [3.05, 3.63) is 47.8 Å². The molecule has 0 aromatic carbocycles. The van der Waals surface area contributed by atoms with Gasteiger partial charge < -0.3 is 19.5 Å². The van der Waals surface area contributed by atoms with Gasteiger partial charge in [-0.15, -0.1) is 0 Å². The maximum atomic E-state index is 14.5. The van der Waals surface area contributed by atoms with Crippen molar-refractivity contribution in [2.45, 2.75) is 27.2 Å². The molecule has 0 aliphatic carbocycles. The number of amides is 2. The van der Waals surface area contributed by atoms with Gasteiger partial charge in [0, 0.05) is 68.6 Å². The van der Waals surface area contributed by atoms with Gasteiger partial charge in [0.1, 0.15) is 11.5 Å². The van der Waals surface area contributed by atoms with Crippen LogP contribution in [-0.2, 0) is 6.42 Å². The van der Waals surface area contributed by atoms with Crippen molar-refractivity contribution in [2.75, 3.05) is 54.9 Å². The third kappa shape index (κ3) is 4.12. The van der Waals surface area contributed by atoms with Gasteiger partial charge >= 0.3 is 6.03 Å². The Morgan fingerprint density at radius 1 is 1.12 bits per heavy atom. The number of hydrogen-bond donors (Lipinski definition) is 1. The number of anilines is 3. The Bertz CT molecular complexity index is 1120. The number of nitrogens with one attached hydrogen (secondary N) is 1. The zero-order valence-electron chi connectivity index (χ0n) is 19.1. The van der Waals surface area contributed by atoms with Gasteiger partial charge in [-0.2, -0.15) is 0 Å². The number of pyridine rings is 2. The number of hydrogen-bond acceptors (Lipinski definition) is 5. The van der Waals surface area contributed by atoms with Crippen molar-refractivity contribution >= 4 is 28.9 Å². The normalized spacial score (nSPS) is 16.0. The van der Waals surface area contributed by atoms with E-state index in [9.17, 15) is 9.18 Å². The fraction of sp³-hybridized carbons (Fsp3) is 0.435. The standard InChI is InChI=1S/C21H24FN7O.C2H6/c1-14-12-28-13-17(16(22)11-19(28)24-14)25-21(30)29-6-4-15-18(3-5-23-20(15)29)27-9-7-26(2)8-10-27;1-2/h3,5,11-13H,4,6-10H2,1-2H3,(H,25,30);1-2H3. The molecular weight excluding hydrogens is 409 g/mol. The summed E-state index contributed by atoms with van der Waals surface area (Å²) in [6.45, 7) is 10.3. The van der Waals surface area contributed by atoms with Crippen molar-refractivity contribution in [3.63, 3.8) is 0 Å². The Labute approximate surface area is 187 Å². The molecule has 3 aromatic heterocycles. The molecule has 5 rings (SSSR count). The molecular formula is C23H30FN7O. The minimum Gasteiger partial charge on any atom is -0.369 e. The Morgan fingerprint density at radius 2 is 1.88 bits per heavy atom. The van der Waals surface area contributed by atoms with E-state index in [1.54, 1.807) is 27.9 Å². The van der Waals surface area contributed by atoms with Crippen molar-refractivity contribution in [1.82, 2.24) is 19.3 Å². The third-order valence-corrected chi connectivity index (χ3v) is 5.84. The Balaban J connectivity index is 0.00000119. The summed E-state index contributed by atoms with van der Waals surface area (Å²) in [5, 5.41) is 2.70. The van der Waals surface area contributed by atoms with E-state index in [-0.39, 0.29) is 11.7 Å². The number of carbonyl (C=O) groups excluding carboxylic acids is 1. The summed E-state index contributed by atoms with van der Waals surface area (Å²) in [4.78, 5) is 27.9. The number of nitrogens with zero attached hydrogens (tertiary/aromatic N) is 6. The number of piperazine rings is 1. The molecule has 0 bridgehead atoms. The Kier molecular flexibility index (Phi) is 6.27. The van der Waals surface area contributed by atoms with Gasteiger partial charge in [0.2, 0.25) is 0 Å². The quantitative estimate of drug-likeness (QED) is 0.661. The lowest BCUT2D eigenvalue weighted by Gasteiger charge is -2.35. The lowest BCUT2D eigenvalue weighted by atomic mass is 10.1. The zero-order chi connectivity index (χ0) is 22.8. The molecule has 0 atom stereocenters. The lowest BCUT2D eigenvalue weighted by molar-refractivity contribution is 0.257. The van der Waals surface area contributed by atoms with Crippen molar-refractivity contribution < 1.29 is 9.18 Å². The average Bonchev–Trinajstić information content (AvgIpc) is 3.38. The predicted molar refractivity (Wildman–Crippen MR) is 125 cm³/mol. The van der Waals surface area contributed by atoms with Crippen LogP contribution in [0.3, 0.4) is 0 Å². The second kappa shape index (κ2) is 9.12. The monoisotopic (exact) mass is 439 g/mol. The molecule has 0 unspecified atom stereocenters. The molecule has 0 saturated carbocycles. The summed E-state index contributed by atoms with van der Waals surface area (Å²) in [5.74, 6) is 0.143. The van der Waals surface area contributed by atoms with Gasteiger partial charge in [-0.25, -0.2) is 19.2 Å². The molecule has 9 heteroatoms. The van der Waals surface area contributed by atoms with Crippen LogP contribution in [0.25, 0.3) is 5.65 Å². The fourth-order valence-electron chi connectivity index (χ4n) is 4.23. The predicted octanol–water partition coefficient (Wildman–Crippen LogP) is 3.55. The number of imidazole rings is 1. The van der Waals surface area contributed by atoms with Crippen LogP contribution in [0.2, 0.25) is 0 Å². The Hall–Kier alpha value is -3.20. The van der Waals surface area contributed by atoms with Gasteiger partial charge in [0.15, 0.2) is 5.82 Å². The minimum absolute atomic E-state index is 0.119. The minimum atomic E-state index is -0.514. The number of carbonyl (C=O) groups is 1. The van der Waals surface area contributed by atoms with Crippen LogP contribution in [-0.4, -0.2) is 65.1 Å². The molecule has 1 N–H and O–H groups in total. The van der Waals surface area contributed by atoms with Crippen LogP contribution < -0.4 is 15.1 Å². The highest BCUT2D eigenvalue weighted by atomic mass is 19.1. The summed E-state index contributed by atoms with van der Waals surface area (Å²) in [5.41, 5.74) is 3.64. The van der Waals surface area contributed by atoms with Gasteiger partial charge in [-0.05, 0) is 26.5 Å². The molecule has 2 aliphatic heterocycles. The highest BCUT2D eigenvalue weighted by molar-refractivity contribution is 6.03. The number of urea groups is 1. The first-order valence-electron chi connectivity index (χ1n) is 11.1. The van der Waals surface area contributed by atoms with Crippen molar-refractivity contribution in [1.29, 1.82) is 0 Å². The van der Waals surface area contributed by atoms with E-state index in [0.29, 0.717) is 18.0 Å². The van der Waals surface area contributed by atoms with E-state index in [4.69, 9.17) is 0 Å². The number of likely N-dealkylation sites (N-methyl/N-ethyl adjacent to an activating group) is 1. The van der Waals surface area contributed by atoms with E-state index in [0.717, 1.165) is 49.5 Å². The van der Waals surface area contributed by atoms with E-state index in [1.165, 1.54) is 6.07 Å². The van der Waals surface area contributed by atoms with Gasteiger partial charge in [-0.1, -0.05) is 13.8 Å². The van der Waals surface area contributed by atoms with Gasteiger partial charge in [-0.3, -0.25) is 4.90 Å². The molecule has 8 nitrogen and oxygen atoms in total. The largest absolute Gasteiger partial charge is 0.369 e. The first-order valence-corrected chi connectivity index (χ1v) is 11.1. The summed E-state index contributed by atoms with van der Waals surface area (Å²) in [6, 6.07) is 2.97. The second-order valence-corrected chi connectivity index (χ2v) is 7.94. The van der Waals surface area contributed by atoms with Crippen LogP contribution >= 0.6 is 0 Å². The van der Waals surface area contributed by atoms with Crippen LogP contribution in [0.15, 0.2) is 30.7 Å². The van der Waals surface area contributed by atoms with E-state index in [2.05, 4.69) is 32.1 Å². The second-order valence-electron chi connectivity index (χ2n) is 7.94. The Morgan fingerprint density at radius 3 is 2.62 bits per heavy atom. The smallest absolute Gasteiger partial charge is 0.327 e. The number of aryl methyl sites for hydroxylation is 1. The van der Waals surface area contributed by atoms with E-state index < -0.39 is 5.82 Å². The number of halogens is 1. The highest BCUT2D eigenvalue weighted by Gasteiger charge is 2.30. The summed E-state index contributed by atoms with van der Waals surface area (Å²) in [6.07, 6.45) is 5.83. The molecule has 0 radical (unpaired) electrons. The molecule has 1 saturated heterocycles. The van der Waals surface area contributed by atoms with Crippen molar-refractivity contribution in [3.8, 4) is 0 Å². The van der Waals surface area contributed by atoms with Crippen molar-refractivity contribution in [2.24, 2.45) is 0 Å². The average molecular weight is 440 g/mol. The summed E-state index contributed by atoms with van der Waals surface area (Å²) >= 11 is 0. The first kappa shape index (κ1) is 22.0.